The monoisotopic (exact) mass is 260 g/mol. The maximum atomic E-state index is 9.41. The molecule has 3 heteroatoms. The molecule has 1 fully saturated rings. The van der Waals surface area contributed by atoms with Gasteiger partial charge in [-0.2, -0.15) is 0 Å². The summed E-state index contributed by atoms with van der Waals surface area (Å²) in [6.07, 6.45) is 3.54. The standard InChI is InChI=1S/C10H13BrOS/c1-7-5-13-9(8(7)11)10(6-12)3-2-4-10/h5,12H,2-4,6H2,1H3. The molecule has 1 heterocycles. The summed E-state index contributed by atoms with van der Waals surface area (Å²) in [7, 11) is 0. The summed E-state index contributed by atoms with van der Waals surface area (Å²) in [6, 6.07) is 0. The summed E-state index contributed by atoms with van der Waals surface area (Å²) in [5.74, 6) is 0. The molecule has 0 spiro atoms. The van der Waals surface area contributed by atoms with Gasteiger partial charge in [0, 0.05) is 14.8 Å². The average molecular weight is 261 g/mol. The Balaban J connectivity index is 2.38. The highest BCUT2D eigenvalue weighted by Gasteiger charge is 2.40. The minimum absolute atomic E-state index is 0.0950. The van der Waals surface area contributed by atoms with Crippen LogP contribution in [-0.4, -0.2) is 11.7 Å². The van der Waals surface area contributed by atoms with Gasteiger partial charge >= 0.3 is 0 Å². The van der Waals surface area contributed by atoms with Crippen LogP contribution in [0.4, 0.5) is 0 Å². The van der Waals surface area contributed by atoms with Gasteiger partial charge in [-0.1, -0.05) is 6.42 Å². The molecule has 72 valence electrons. The molecule has 0 saturated heterocycles. The van der Waals surface area contributed by atoms with Crippen molar-refractivity contribution in [2.24, 2.45) is 0 Å². The van der Waals surface area contributed by atoms with E-state index in [1.165, 1.54) is 21.3 Å². The summed E-state index contributed by atoms with van der Waals surface area (Å²) in [5, 5.41) is 11.6. The molecule has 1 aromatic heterocycles. The summed E-state index contributed by atoms with van der Waals surface area (Å²) < 4.78 is 1.21. The van der Waals surface area contributed by atoms with Crippen LogP contribution in [0, 0.1) is 6.92 Å². The lowest BCUT2D eigenvalue weighted by molar-refractivity contribution is 0.123. The van der Waals surface area contributed by atoms with Crippen LogP contribution >= 0.6 is 27.3 Å². The first-order valence-corrected chi connectivity index (χ1v) is 6.22. The fourth-order valence-electron chi connectivity index (χ4n) is 1.85. The van der Waals surface area contributed by atoms with Crippen molar-refractivity contribution in [1.29, 1.82) is 0 Å². The minimum Gasteiger partial charge on any atom is -0.395 e. The number of hydrogen-bond acceptors (Lipinski definition) is 2. The maximum absolute atomic E-state index is 9.41. The lowest BCUT2D eigenvalue weighted by atomic mass is 9.68. The molecule has 13 heavy (non-hydrogen) atoms. The highest BCUT2D eigenvalue weighted by molar-refractivity contribution is 9.10. The normalized spacial score (nSPS) is 19.9. The quantitative estimate of drug-likeness (QED) is 0.866. The van der Waals surface area contributed by atoms with E-state index in [9.17, 15) is 5.11 Å². The second-order valence-electron chi connectivity index (χ2n) is 3.85. The van der Waals surface area contributed by atoms with E-state index in [-0.39, 0.29) is 5.41 Å². The van der Waals surface area contributed by atoms with Crippen LogP contribution < -0.4 is 0 Å². The number of thiophene rings is 1. The Kier molecular flexibility index (Phi) is 2.51. The Morgan fingerprint density at radius 3 is 2.62 bits per heavy atom. The molecule has 0 radical (unpaired) electrons. The van der Waals surface area contributed by atoms with Gasteiger partial charge in [-0.05, 0) is 46.6 Å². The average Bonchev–Trinajstić information content (AvgIpc) is 2.35. The molecule has 2 rings (SSSR count). The molecule has 0 bridgehead atoms. The van der Waals surface area contributed by atoms with E-state index < -0.39 is 0 Å². The molecular weight excluding hydrogens is 248 g/mol. The van der Waals surface area contributed by atoms with Crippen molar-refractivity contribution in [3.63, 3.8) is 0 Å². The van der Waals surface area contributed by atoms with Gasteiger partial charge in [-0.25, -0.2) is 0 Å². The SMILES string of the molecule is Cc1csc(C2(CO)CCC2)c1Br. The Hall–Kier alpha value is 0.140. The van der Waals surface area contributed by atoms with Crippen molar-refractivity contribution in [2.75, 3.05) is 6.61 Å². The molecule has 0 unspecified atom stereocenters. The van der Waals surface area contributed by atoms with E-state index in [4.69, 9.17) is 0 Å². The third-order valence-electron chi connectivity index (χ3n) is 2.99. The zero-order chi connectivity index (χ0) is 9.47. The molecule has 1 nitrogen and oxygen atoms in total. The topological polar surface area (TPSA) is 20.2 Å². The van der Waals surface area contributed by atoms with E-state index in [0.717, 1.165) is 12.8 Å². The van der Waals surface area contributed by atoms with Gasteiger partial charge in [0.05, 0.1) is 6.61 Å². The van der Waals surface area contributed by atoms with Crippen LogP contribution in [0.3, 0.4) is 0 Å². The van der Waals surface area contributed by atoms with Crippen molar-refractivity contribution in [1.82, 2.24) is 0 Å². The minimum atomic E-state index is 0.0950. The Bertz CT molecular complexity index is 309. The van der Waals surface area contributed by atoms with Gasteiger partial charge in [0.15, 0.2) is 0 Å². The summed E-state index contributed by atoms with van der Waals surface area (Å²) in [6.45, 7) is 2.40. The molecule has 0 atom stereocenters. The predicted molar refractivity (Wildman–Crippen MR) is 59.4 cm³/mol. The van der Waals surface area contributed by atoms with Gasteiger partial charge in [-0.15, -0.1) is 11.3 Å². The van der Waals surface area contributed by atoms with Crippen LogP contribution in [0.15, 0.2) is 9.85 Å². The second-order valence-corrected chi connectivity index (χ2v) is 5.53. The number of aryl methyl sites for hydroxylation is 1. The number of halogens is 1. The Morgan fingerprint density at radius 2 is 2.31 bits per heavy atom. The highest BCUT2D eigenvalue weighted by Crippen LogP contribution is 2.49. The van der Waals surface area contributed by atoms with E-state index in [2.05, 4.69) is 28.2 Å². The van der Waals surface area contributed by atoms with E-state index in [1.807, 2.05) is 0 Å². The molecule has 1 N–H and O–H groups in total. The molecule has 1 aliphatic rings. The molecule has 1 aliphatic carbocycles. The lowest BCUT2D eigenvalue weighted by Crippen LogP contribution is -2.37. The molecular formula is C10H13BrOS. The van der Waals surface area contributed by atoms with E-state index in [1.54, 1.807) is 11.3 Å². The molecule has 0 aliphatic heterocycles. The number of rotatable bonds is 2. The number of aliphatic hydroxyl groups is 1. The maximum Gasteiger partial charge on any atom is 0.0536 e. The van der Waals surface area contributed by atoms with Gasteiger partial charge in [-0.3, -0.25) is 0 Å². The van der Waals surface area contributed by atoms with Crippen LogP contribution in [0.5, 0.6) is 0 Å². The van der Waals surface area contributed by atoms with Gasteiger partial charge in [0.2, 0.25) is 0 Å². The largest absolute Gasteiger partial charge is 0.395 e. The summed E-state index contributed by atoms with van der Waals surface area (Å²) >= 11 is 5.38. The van der Waals surface area contributed by atoms with Crippen molar-refractivity contribution in [2.45, 2.75) is 31.6 Å². The van der Waals surface area contributed by atoms with Crippen molar-refractivity contribution in [3.05, 3.63) is 20.3 Å². The van der Waals surface area contributed by atoms with Gasteiger partial charge < -0.3 is 5.11 Å². The van der Waals surface area contributed by atoms with Crippen LogP contribution in [0.25, 0.3) is 0 Å². The van der Waals surface area contributed by atoms with Crippen molar-refractivity contribution in [3.8, 4) is 0 Å². The number of aliphatic hydroxyl groups excluding tert-OH is 1. The zero-order valence-electron chi connectivity index (χ0n) is 7.64. The van der Waals surface area contributed by atoms with Crippen LogP contribution in [0.1, 0.15) is 29.7 Å². The first kappa shape index (κ1) is 9.69. The van der Waals surface area contributed by atoms with Crippen LogP contribution in [-0.2, 0) is 5.41 Å². The second kappa shape index (κ2) is 3.37. The van der Waals surface area contributed by atoms with Crippen molar-refractivity contribution < 1.29 is 5.11 Å². The first-order chi connectivity index (χ1) is 6.19. The summed E-state index contributed by atoms with van der Waals surface area (Å²) in [5.41, 5.74) is 1.39. The van der Waals surface area contributed by atoms with Gasteiger partial charge in [0.25, 0.3) is 0 Å². The third kappa shape index (κ3) is 1.37. The summed E-state index contributed by atoms with van der Waals surface area (Å²) in [4.78, 5) is 1.35. The molecule has 1 saturated carbocycles. The highest BCUT2D eigenvalue weighted by atomic mass is 79.9. The molecule has 1 aromatic rings. The first-order valence-electron chi connectivity index (χ1n) is 4.54. The van der Waals surface area contributed by atoms with Crippen LogP contribution in [0.2, 0.25) is 0 Å². The zero-order valence-corrected chi connectivity index (χ0v) is 10.0. The Morgan fingerprint density at radius 1 is 1.62 bits per heavy atom. The molecule has 0 aromatic carbocycles. The molecule has 0 amide bonds. The predicted octanol–water partition coefficient (Wildman–Crippen LogP) is 3.23. The number of hydrogen-bond donors (Lipinski definition) is 1. The fraction of sp³-hybridized carbons (Fsp3) is 0.600. The van der Waals surface area contributed by atoms with E-state index >= 15 is 0 Å². The fourth-order valence-corrected chi connectivity index (χ4v) is 4.01. The Labute approximate surface area is 90.9 Å². The third-order valence-corrected chi connectivity index (χ3v) is 5.62. The smallest absolute Gasteiger partial charge is 0.0536 e. The lowest BCUT2D eigenvalue weighted by Gasteiger charge is -2.40. The van der Waals surface area contributed by atoms with E-state index in [0.29, 0.717) is 6.61 Å². The van der Waals surface area contributed by atoms with Crippen molar-refractivity contribution >= 4 is 27.3 Å². The van der Waals surface area contributed by atoms with Gasteiger partial charge in [0.1, 0.15) is 0 Å².